The third-order valence-corrected chi connectivity index (χ3v) is 3.85. The molecule has 0 saturated carbocycles. The molecule has 0 fully saturated rings. The number of amides is 1. The van der Waals surface area contributed by atoms with E-state index in [9.17, 15) is 9.59 Å². The zero-order valence-corrected chi connectivity index (χ0v) is 14.9. The van der Waals surface area contributed by atoms with Crippen LogP contribution in [0.5, 0.6) is 5.75 Å². The number of rotatable bonds is 9. The first kappa shape index (κ1) is 19.5. The fourth-order valence-electron chi connectivity index (χ4n) is 2.31. The number of ether oxygens (including phenoxy) is 2. The van der Waals surface area contributed by atoms with E-state index in [1.165, 1.54) is 0 Å². The second-order valence-corrected chi connectivity index (χ2v) is 5.96. The maximum absolute atomic E-state index is 12.3. The first-order valence-electron chi connectivity index (χ1n) is 8.34. The molecule has 1 unspecified atom stereocenters. The normalized spacial score (nSPS) is 11.6. The summed E-state index contributed by atoms with van der Waals surface area (Å²) in [5.74, 6) is -0.812. The van der Waals surface area contributed by atoms with Crippen LogP contribution in [-0.4, -0.2) is 37.3 Å². The van der Waals surface area contributed by atoms with Gasteiger partial charge in [0.1, 0.15) is 12.4 Å². The summed E-state index contributed by atoms with van der Waals surface area (Å²) in [6, 6.07) is 14.0. The Morgan fingerprint density at radius 2 is 1.69 bits per heavy atom. The lowest BCUT2D eigenvalue weighted by Crippen LogP contribution is -2.13. The molecule has 0 spiro atoms. The van der Waals surface area contributed by atoms with Gasteiger partial charge in [0, 0.05) is 18.4 Å². The molecule has 0 aliphatic rings. The summed E-state index contributed by atoms with van der Waals surface area (Å²) >= 11 is 0. The molecule has 0 aromatic heterocycles. The molecule has 0 saturated heterocycles. The number of hydrogen-bond acceptors (Lipinski definition) is 4. The van der Waals surface area contributed by atoms with Crippen LogP contribution in [0.15, 0.2) is 48.5 Å². The largest absolute Gasteiger partial charge is 0.491 e. The Labute approximate surface area is 152 Å². The first-order valence-corrected chi connectivity index (χ1v) is 8.34. The van der Waals surface area contributed by atoms with E-state index in [0.717, 1.165) is 5.56 Å². The van der Waals surface area contributed by atoms with E-state index in [1.54, 1.807) is 50.4 Å². The lowest BCUT2D eigenvalue weighted by molar-refractivity contribution is -0.141. The molecule has 1 amide bonds. The predicted molar refractivity (Wildman–Crippen MR) is 98.7 cm³/mol. The van der Waals surface area contributed by atoms with Gasteiger partial charge in [0.2, 0.25) is 0 Å². The molecule has 2 aromatic carbocycles. The van der Waals surface area contributed by atoms with E-state index < -0.39 is 11.9 Å². The van der Waals surface area contributed by atoms with Crippen LogP contribution < -0.4 is 10.1 Å². The van der Waals surface area contributed by atoms with E-state index in [2.05, 4.69) is 5.32 Å². The summed E-state index contributed by atoms with van der Waals surface area (Å²) in [6.07, 6.45) is 0.452. The van der Waals surface area contributed by atoms with Crippen molar-refractivity contribution in [1.29, 1.82) is 0 Å². The van der Waals surface area contributed by atoms with Crippen molar-refractivity contribution in [2.24, 2.45) is 5.92 Å². The average molecular weight is 357 g/mol. The van der Waals surface area contributed by atoms with Crippen molar-refractivity contribution in [1.82, 2.24) is 0 Å². The molecular formula is C20H23NO5. The standard InChI is InChI=1S/C20H23NO5/c1-14(20(23)24)13-15-3-7-17(8-4-15)21-19(22)16-5-9-18(10-6-16)26-12-11-25-2/h3-10,14H,11-13H2,1-2H3,(H,21,22)(H,23,24). The summed E-state index contributed by atoms with van der Waals surface area (Å²) in [5, 5.41) is 11.8. The van der Waals surface area contributed by atoms with Gasteiger partial charge in [-0.15, -0.1) is 0 Å². The van der Waals surface area contributed by atoms with Crippen LogP contribution in [0.2, 0.25) is 0 Å². The smallest absolute Gasteiger partial charge is 0.306 e. The highest BCUT2D eigenvalue weighted by molar-refractivity contribution is 6.04. The van der Waals surface area contributed by atoms with Gasteiger partial charge in [-0.05, 0) is 48.4 Å². The number of benzene rings is 2. The molecule has 138 valence electrons. The van der Waals surface area contributed by atoms with Gasteiger partial charge in [-0.2, -0.15) is 0 Å². The molecule has 2 rings (SSSR count). The fourth-order valence-corrected chi connectivity index (χ4v) is 2.31. The number of methoxy groups -OCH3 is 1. The summed E-state index contributed by atoms with van der Waals surface area (Å²) in [6.45, 7) is 2.62. The van der Waals surface area contributed by atoms with Crippen molar-refractivity contribution >= 4 is 17.6 Å². The topological polar surface area (TPSA) is 84.9 Å². The van der Waals surface area contributed by atoms with E-state index in [-0.39, 0.29) is 5.91 Å². The van der Waals surface area contributed by atoms with Crippen LogP contribution in [0, 0.1) is 5.92 Å². The van der Waals surface area contributed by atoms with Crippen LogP contribution in [-0.2, 0) is 16.0 Å². The molecule has 0 bridgehead atoms. The molecule has 0 radical (unpaired) electrons. The number of aliphatic carboxylic acids is 1. The molecule has 2 N–H and O–H groups in total. The number of carbonyl (C=O) groups is 2. The molecule has 2 aromatic rings. The second-order valence-electron chi connectivity index (χ2n) is 5.96. The summed E-state index contributed by atoms with van der Waals surface area (Å²) in [5.41, 5.74) is 2.09. The van der Waals surface area contributed by atoms with Gasteiger partial charge >= 0.3 is 5.97 Å². The lowest BCUT2D eigenvalue weighted by atomic mass is 10.0. The molecular weight excluding hydrogens is 334 g/mol. The van der Waals surface area contributed by atoms with Gasteiger partial charge < -0.3 is 19.9 Å². The van der Waals surface area contributed by atoms with Gasteiger partial charge in [-0.25, -0.2) is 0 Å². The molecule has 6 nitrogen and oxygen atoms in total. The van der Waals surface area contributed by atoms with Crippen LogP contribution in [0.3, 0.4) is 0 Å². The maximum atomic E-state index is 12.3. The summed E-state index contributed by atoms with van der Waals surface area (Å²) < 4.78 is 10.4. The minimum atomic E-state index is -0.822. The third-order valence-electron chi connectivity index (χ3n) is 3.85. The van der Waals surface area contributed by atoms with Gasteiger partial charge in [-0.1, -0.05) is 19.1 Å². The summed E-state index contributed by atoms with van der Waals surface area (Å²) in [7, 11) is 1.61. The molecule has 0 heterocycles. The SMILES string of the molecule is COCCOc1ccc(C(=O)Nc2ccc(CC(C)C(=O)O)cc2)cc1. The average Bonchev–Trinajstić information content (AvgIpc) is 2.64. The zero-order valence-electron chi connectivity index (χ0n) is 14.9. The van der Waals surface area contributed by atoms with Crippen molar-refractivity contribution in [2.75, 3.05) is 25.6 Å². The molecule has 6 heteroatoms. The van der Waals surface area contributed by atoms with E-state index in [0.29, 0.717) is 36.6 Å². The monoisotopic (exact) mass is 357 g/mol. The number of carbonyl (C=O) groups excluding carboxylic acids is 1. The molecule has 1 atom stereocenters. The molecule has 26 heavy (non-hydrogen) atoms. The van der Waals surface area contributed by atoms with Crippen molar-refractivity contribution in [3.05, 3.63) is 59.7 Å². The van der Waals surface area contributed by atoms with Crippen molar-refractivity contribution in [2.45, 2.75) is 13.3 Å². The fraction of sp³-hybridized carbons (Fsp3) is 0.300. The van der Waals surface area contributed by atoms with Crippen LogP contribution in [0.1, 0.15) is 22.8 Å². The van der Waals surface area contributed by atoms with Gasteiger partial charge in [0.25, 0.3) is 5.91 Å². The van der Waals surface area contributed by atoms with Crippen LogP contribution in [0.4, 0.5) is 5.69 Å². The number of carboxylic acid groups (broad SMARTS) is 1. The number of hydrogen-bond donors (Lipinski definition) is 2. The van der Waals surface area contributed by atoms with Crippen molar-refractivity contribution in [3.8, 4) is 5.75 Å². The quantitative estimate of drug-likeness (QED) is 0.673. The maximum Gasteiger partial charge on any atom is 0.306 e. The minimum absolute atomic E-state index is 0.222. The first-order chi connectivity index (χ1) is 12.5. The van der Waals surface area contributed by atoms with E-state index in [1.807, 2.05) is 12.1 Å². The Bertz CT molecular complexity index is 725. The van der Waals surface area contributed by atoms with Crippen LogP contribution in [0.25, 0.3) is 0 Å². The van der Waals surface area contributed by atoms with Gasteiger partial charge in [0.15, 0.2) is 0 Å². The Balaban J connectivity index is 1.91. The van der Waals surface area contributed by atoms with Gasteiger partial charge in [-0.3, -0.25) is 9.59 Å². The highest BCUT2D eigenvalue weighted by atomic mass is 16.5. The number of anilines is 1. The lowest BCUT2D eigenvalue weighted by Gasteiger charge is -2.09. The minimum Gasteiger partial charge on any atom is -0.491 e. The predicted octanol–water partition coefficient (Wildman–Crippen LogP) is 3.23. The Morgan fingerprint density at radius 3 is 2.27 bits per heavy atom. The van der Waals surface area contributed by atoms with Crippen LogP contribution >= 0.6 is 0 Å². The van der Waals surface area contributed by atoms with Gasteiger partial charge in [0.05, 0.1) is 12.5 Å². The van der Waals surface area contributed by atoms with E-state index >= 15 is 0 Å². The zero-order chi connectivity index (χ0) is 18.9. The highest BCUT2D eigenvalue weighted by Crippen LogP contribution is 2.16. The second kappa shape index (κ2) is 9.58. The number of carboxylic acids is 1. The van der Waals surface area contributed by atoms with Crippen molar-refractivity contribution < 1.29 is 24.2 Å². The molecule has 0 aliphatic carbocycles. The third kappa shape index (κ3) is 5.89. The Kier molecular flexibility index (Phi) is 7.17. The number of nitrogens with one attached hydrogen (secondary N) is 1. The van der Waals surface area contributed by atoms with Crippen molar-refractivity contribution in [3.63, 3.8) is 0 Å². The molecule has 0 aliphatic heterocycles. The Morgan fingerprint density at radius 1 is 1.04 bits per heavy atom. The Hall–Kier alpha value is -2.86. The summed E-state index contributed by atoms with van der Waals surface area (Å²) in [4.78, 5) is 23.2. The van der Waals surface area contributed by atoms with E-state index in [4.69, 9.17) is 14.6 Å². The highest BCUT2D eigenvalue weighted by Gasteiger charge is 2.12.